The van der Waals surface area contributed by atoms with E-state index in [4.69, 9.17) is 4.74 Å². The number of aromatic hydroxyl groups is 1. The molecular weight excluding hydrogens is 354 g/mol. The Morgan fingerprint density at radius 3 is 2.74 bits per heavy atom. The van der Waals surface area contributed by atoms with Gasteiger partial charge in [-0.3, -0.25) is 4.57 Å². The van der Waals surface area contributed by atoms with E-state index >= 15 is 0 Å². The number of aromatic nitrogens is 4. The Balaban J connectivity index is 1.60. The number of nitrogens with one attached hydrogen (secondary N) is 1. The molecule has 0 aliphatic carbocycles. The molecule has 3 aromatic rings. The average molecular weight is 373 g/mol. The molecule has 1 aliphatic rings. The second kappa shape index (κ2) is 7.08. The molecule has 4 atom stereocenters. The van der Waals surface area contributed by atoms with Gasteiger partial charge in [0, 0.05) is 6.54 Å². The molecule has 0 spiro atoms. The fourth-order valence-corrected chi connectivity index (χ4v) is 3.13. The highest BCUT2D eigenvalue weighted by atomic mass is 16.6. The van der Waals surface area contributed by atoms with Crippen molar-refractivity contribution in [2.75, 3.05) is 11.9 Å². The lowest BCUT2D eigenvalue weighted by atomic mass is 10.1. The third-order valence-corrected chi connectivity index (χ3v) is 4.52. The summed E-state index contributed by atoms with van der Waals surface area (Å²) in [6, 6.07) is 6.85. The first-order valence-electron chi connectivity index (χ1n) is 8.40. The number of benzene rings is 1. The van der Waals surface area contributed by atoms with Gasteiger partial charge < -0.3 is 30.5 Å². The lowest BCUT2D eigenvalue weighted by molar-refractivity contribution is -0.0511. The van der Waals surface area contributed by atoms with Gasteiger partial charge in [0.05, 0.1) is 12.9 Å². The molecule has 1 aliphatic heterocycles. The van der Waals surface area contributed by atoms with Gasteiger partial charge in [-0.1, -0.05) is 12.1 Å². The van der Waals surface area contributed by atoms with E-state index in [1.54, 1.807) is 18.2 Å². The van der Waals surface area contributed by atoms with Crippen molar-refractivity contribution in [3.63, 3.8) is 0 Å². The monoisotopic (exact) mass is 373 g/mol. The molecule has 10 heteroatoms. The van der Waals surface area contributed by atoms with E-state index in [0.29, 0.717) is 23.5 Å². The van der Waals surface area contributed by atoms with Crippen molar-refractivity contribution >= 4 is 17.0 Å². The Bertz CT molecular complexity index is 948. The minimum absolute atomic E-state index is 0.177. The molecule has 0 bridgehead atoms. The van der Waals surface area contributed by atoms with Crippen LogP contribution in [0.4, 0.5) is 5.82 Å². The summed E-state index contributed by atoms with van der Waals surface area (Å²) in [5.41, 5.74) is 1.75. The van der Waals surface area contributed by atoms with Crippen molar-refractivity contribution in [2.24, 2.45) is 0 Å². The summed E-state index contributed by atoms with van der Waals surface area (Å²) in [4.78, 5) is 12.7. The number of phenols is 1. The number of imidazole rings is 1. The summed E-state index contributed by atoms with van der Waals surface area (Å²) in [5.74, 6) is 0.657. The van der Waals surface area contributed by atoms with Gasteiger partial charge in [-0.15, -0.1) is 0 Å². The number of hydrogen-bond donors (Lipinski definition) is 5. The first-order valence-corrected chi connectivity index (χ1v) is 8.40. The van der Waals surface area contributed by atoms with E-state index < -0.39 is 31.1 Å². The van der Waals surface area contributed by atoms with Crippen LogP contribution in [0, 0.1) is 0 Å². The highest BCUT2D eigenvalue weighted by molar-refractivity contribution is 5.82. The largest absolute Gasteiger partial charge is 0.508 e. The van der Waals surface area contributed by atoms with Gasteiger partial charge in [0.1, 0.15) is 30.4 Å². The molecule has 27 heavy (non-hydrogen) atoms. The third kappa shape index (κ3) is 3.19. The molecule has 4 rings (SSSR count). The maximum absolute atomic E-state index is 10.2. The van der Waals surface area contributed by atoms with Gasteiger partial charge in [-0.25, -0.2) is 15.0 Å². The molecule has 0 radical (unpaired) electrons. The van der Waals surface area contributed by atoms with E-state index in [1.807, 2.05) is 6.07 Å². The van der Waals surface area contributed by atoms with Crippen molar-refractivity contribution in [3.05, 3.63) is 42.5 Å². The Kier molecular flexibility index (Phi) is 4.62. The van der Waals surface area contributed by atoms with Gasteiger partial charge in [-0.05, 0) is 17.7 Å². The van der Waals surface area contributed by atoms with Crippen LogP contribution in [0.5, 0.6) is 5.75 Å². The fraction of sp³-hybridized carbons (Fsp3) is 0.353. The second-order valence-corrected chi connectivity index (χ2v) is 6.30. The Morgan fingerprint density at radius 2 is 2.00 bits per heavy atom. The van der Waals surface area contributed by atoms with Crippen molar-refractivity contribution in [3.8, 4) is 5.75 Å². The Labute approximate surface area is 153 Å². The molecule has 142 valence electrons. The molecule has 0 unspecified atom stereocenters. The van der Waals surface area contributed by atoms with Crippen LogP contribution in [0.1, 0.15) is 11.8 Å². The van der Waals surface area contributed by atoms with Crippen LogP contribution in [-0.4, -0.2) is 64.9 Å². The maximum atomic E-state index is 10.2. The lowest BCUT2D eigenvalue weighted by Gasteiger charge is -2.16. The SMILES string of the molecule is OC[C@H]1O[C@@H](n2cnc3c(NCc4cccc(O)c4)ncnc32)[C@@H](O)[C@@H]1O. The summed E-state index contributed by atoms with van der Waals surface area (Å²) < 4.78 is 7.03. The molecule has 10 nitrogen and oxygen atoms in total. The molecule has 0 amide bonds. The normalized spacial score (nSPS) is 25.1. The van der Waals surface area contributed by atoms with Crippen LogP contribution < -0.4 is 5.32 Å². The number of rotatable bonds is 5. The van der Waals surface area contributed by atoms with Crippen molar-refractivity contribution in [1.29, 1.82) is 0 Å². The van der Waals surface area contributed by atoms with E-state index in [1.165, 1.54) is 17.2 Å². The van der Waals surface area contributed by atoms with Gasteiger partial charge >= 0.3 is 0 Å². The summed E-state index contributed by atoms with van der Waals surface area (Å²) in [5, 5.41) is 42.1. The summed E-state index contributed by atoms with van der Waals surface area (Å²) >= 11 is 0. The molecule has 1 saturated heterocycles. The third-order valence-electron chi connectivity index (χ3n) is 4.52. The first-order chi connectivity index (χ1) is 13.1. The molecule has 1 fully saturated rings. The molecule has 5 N–H and O–H groups in total. The number of nitrogens with zero attached hydrogens (tertiary/aromatic N) is 4. The lowest BCUT2D eigenvalue weighted by Crippen LogP contribution is -2.33. The maximum Gasteiger partial charge on any atom is 0.167 e. The number of fused-ring (bicyclic) bond motifs is 1. The van der Waals surface area contributed by atoms with E-state index in [0.717, 1.165) is 5.56 Å². The van der Waals surface area contributed by atoms with Crippen LogP contribution in [-0.2, 0) is 11.3 Å². The number of ether oxygens (including phenoxy) is 1. The summed E-state index contributed by atoms with van der Waals surface area (Å²) in [6.45, 7) is 0.00823. The van der Waals surface area contributed by atoms with Gasteiger partial charge in [0.15, 0.2) is 23.2 Å². The fourth-order valence-electron chi connectivity index (χ4n) is 3.13. The minimum Gasteiger partial charge on any atom is -0.508 e. The van der Waals surface area contributed by atoms with Crippen LogP contribution >= 0.6 is 0 Å². The number of hydrogen-bond acceptors (Lipinski definition) is 9. The average Bonchev–Trinajstić information content (AvgIpc) is 3.22. The van der Waals surface area contributed by atoms with Crippen molar-refractivity contribution in [2.45, 2.75) is 31.1 Å². The van der Waals surface area contributed by atoms with Crippen molar-refractivity contribution < 1.29 is 25.2 Å². The van der Waals surface area contributed by atoms with Crippen LogP contribution in [0.15, 0.2) is 36.9 Å². The number of phenolic OH excluding ortho intramolecular Hbond substituents is 1. The Hall–Kier alpha value is -2.79. The quantitative estimate of drug-likeness (QED) is 0.409. The number of aliphatic hydroxyl groups is 3. The highest BCUT2D eigenvalue weighted by Crippen LogP contribution is 2.32. The van der Waals surface area contributed by atoms with Crippen LogP contribution in [0.25, 0.3) is 11.2 Å². The minimum atomic E-state index is -1.22. The predicted molar refractivity (Wildman–Crippen MR) is 93.8 cm³/mol. The van der Waals surface area contributed by atoms with Gasteiger partial charge in [0.2, 0.25) is 0 Å². The van der Waals surface area contributed by atoms with Gasteiger partial charge in [0.25, 0.3) is 0 Å². The number of anilines is 1. The highest BCUT2D eigenvalue weighted by Gasteiger charge is 2.44. The molecular formula is C17H19N5O5. The van der Waals surface area contributed by atoms with E-state index in [2.05, 4.69) is 20.3 Å². The second-order valence-electron chi connectivity index (χ2n) is 6.30. The van der Waals surface area contributed by atoms with E-state index in [9.17, 15) is 20.4 Å². The zero-order valence-corrected chi connectivity index (χ0v) is 14.2. The van der Waals surface area contributed by atoms with Crippen LogP contribution in [0.2, 0.25) is 0 Å². The van der Waals surface area contributed by atoms with Gasteiger partial charge in [-0.2, -0.15) is 0 Å². The zero-order valence-electron chi connectivity index (χ0n) is 14.2. The molecule has 3 heterocycles. The molecule has 0 saturated carbocycles. The predicted octanol–water partition coefficient (Wildman–Crippen LogP) is -0.245. The number of aliphatic hydroxyl groups excluding tert-OH is 3. The molecule has 2 aromatic heterocycles. The van der Waals surface area contributed by atoms with Crippen molar-refractivity contribution in [1.82, 2.24) is 19.5 Å². The Morgan fingerprint density at radius 1 is 1.15 bits per heavy atom. The first kappa shape index (κ1) is 17.6. The smallest absolute Gasteiger partial charge is 0.167 e. The molecule has 1 aromatic carbocycles. The summed E-state index contributed by atoms with van der Waals surface area (Å²) in [6.07, 6.45) is -1.43. The zero-order chi connectivity index (χ0) is 19.0. The standard InChI is InChI=1S/C17H19N5O5/c23-6-11-13(25)14(26)17(27-11)22-8-21-12-15(19-7-20-16(12)22)18-5-9-2-1-3-10(24)4-9/h1-4,7-8,11,13-14,17,23-26H,5-6H2,(H,18,19,20)/t11-,13-,14+,17-/m1/s1. The topological polar surface area (TPSA) is 146 Å². The van der Waals surface area contributed by atoms with Crippen LogP contribution in [0.3, 0.4) is 0 Å². The van der Waals surface area contributed by atoms with E-state index in [-0.39, 0.29) is 5.75 Å². The summed E-state index contributed by atoms with van der Waals surface area (Å²) in [7, 11) is 0.